The minimum atomic E-state index is -3.38. The van der Waals surface area contributed by atoms with Crippen LogP contribution in [-0.4, -0.2) is 31.1 Å². The molecule has 90 valence electrons. The number of hydrogen-bond acceptors (Lipinski definition) is 2. The van der Waals surface area contributed by atoms with E-state index >= 15 is 0 Å². The fourth-order valence-corrected chi connectivity index (χ4v) is 3.74. The molecule has 0 N–H and O–H groups in total. The first-order valence-electron chi connectivity index (χ1n) is 4.70. The van der Waals surface area contributed by atoms with Gasteiger partial charge in [0.1, 0.15) is 0 Å². The van der Waals surface area contributed by atoms with Crippen LogP contribution < -0.4 is 0 Å². The topological polar surface area (TPSA) is 37.4 Å². The molecule has 16 heavy (non-hydrogen) atoms. The number of benzene rings is 1. The highest BCUT2D eigenvalue weighted by Gasteiger charge is 2.21. The fourth-order valence-electron chi connectivity index (χ4n) is 1.26. The molecule has 1 rings (SSSR count). The third kappa shape index (κ3) is 3.55. The Bertz CT molecular complexity index is 460. The van der Waals surface area contributed by atoms with E-state index in [-0.39, 0.29) is 4.83 Å². The number of nitrogens with zero attached hydrogens (tertiary/aromatic N) is 1. The second-order valence-electron chi connectivity index (χ2n) is 3.52. The van der Waals surface area contributed by atoms with Gasteiger partial charge in [-0.1, -0.05) is 44.8 Å². The summed E-state index contributed by atoms with van der Waals surface area (Å²) in [5.74, 6) is 0. The maximum atomic E-state index is 12.1. The summed E-state index contributed by atoms with van der Waals surface area (Å²) in [6.45, 7) is 2.35. The Hall–Kier alpha value is 0.0900. The van der Waals surface area contributed by atoms with Gasteiger partial charge in [0, 0.05) is 22.9 Å². The van der Waals surface area contributed by atoms with Crippen molar-refractivity contribution >= 4 is 41.9 Å². The van der Waals surface area contributed by atoms with E-state index in [0.717, 1.165) is 4.47 Å². The summed E-state index contributed by atoms with van der Waals surface area (Å²) in [5.41, 5.74) is 0. The SMILES string of the molecule is CC(Br)CN(C)S(=O)(=O)c1cccc(Br)c1. The van der Waals surface area contributed by atoms with Crippen LogP contribution in [0.25, 0.3) is 0 Å². The van der Waals surface area contributed by atoms with E-state index in [1.807, 2.05) is 6.92 Å². The lowest BCUT2D eigenvalue weighted by Gasteiger charge is -2.18. The van der Waals surface area contributed by atoms with Crippen LogP contribution in [-0.2, 0) is 10.0 Å². The van der Waals surface area contributed by atoms with Gasteiger partial charge in [0.05, 0.1) is 4.90 Å². The Morgan fingerprint density at radius 1 is 1.44 bits per heavy atom. The second kappa shape index (κ2) is 5.62. The van der Waals surface area contributed by atoms with E-state index in [0.29, 0.717) is 11.4 Å². The molecule has 0 spiro atoms. The molecule has 0 saturated carbocycles. The zero-order chi connectivity index (χ0) is 12.3. The van der Waals surface area contributed by atoms with Crippen LogP contribution in [0, 0.1) is 0 Å². The van der Waals surface area contributed by atoms with E-state index < -0.39 is 10.0 Å². The molecule has 0 aliphatic heterocycles. The average Bonchev–Trinajstić information content (AvgIpc) is 2.16. The summed E-state index contributed by atoms with van der Waals surface area (Å²) in [5, 5.41) is 0. The lowest BCUT2D eigenvalue weighted by molar-refractivity contribution is 0.473. The predicted octanol–water partition coefficient (Wildman–Crippen LogP) is 2.85. The van der Waals surface area contributed by atoms with Gasteiger partial charge in [-0.05, 0) is 18.2 Å². The number of halogens is 2. The summed E-state index contributed by atoms with van der Waals surface area (Å²) < 4.78 is 26.3. The molecule has 3 nitrogen and oxygen atoms in total. The Balaban J connectivity index is 3.02. The van der Waals surface area contributed by atoms with Gasteiger partial charge in [-0.15, -0.1) is 0 Å². The molecule has 6 heteroatoms. The highest BCUT2D eigenvalue weighted by Crippen LogP contribution is 2.19. The monoisotopic (exact) mass is 369 g/mol. The lowest BCUT2D eigenvalue weighted by Crippen LogP contribution is -2.31. The maximum absolute atomic E-state index is 12.1. The van der Waals surface area contributed by atoms with Crippen LogP contribution in [0.1, 0.15) is 6.92 Å². The molecule has 1 aromatic rings. The molecule has 0 aliphatic rings. The Kier molecular flexibility index (Phi) is 4.97. The number of sulfonamides is 1. The van der Waals surface area contributed by atoms with Crippen molar-refractivity contribution < 1.29 is 8.42 Å². The predicted molar refractivity (Wildman–Crippen MR) is 72.3 cm³/mol. The first kappa shape index (κ1) is 14.2. The molecule has 0 saturated heterocycles. The third-order valence-corrected chi connectivity index (χ3v) is 4.62. The van der Waals surface area contributed by atoms with Gasteiger partial charge in [-0.2, -0.15) is 4.31 Å². The van der Waals surface area contributed by atoms with Gasteiger partial charge < -0.3 is 0 Å². The van der Waals surface area contributed by atoms with Crippen molar-refractivity contribution in [1.82, 2.24) is 4.31 Å². The Morgan fingerprint density at radius 2 is 2.06 bits per heavy atom. The normalized spacial score (nSPS) is 14.1. The minimum Gasteiger partial charge on any atom is -0.207 e. The van der Waals surface area contributed by atoms with Crippen molar-refractivity contribution in [1.29, 1.82) is 0 Å². The largest absolute Gasteiger partial charge is 0.242 e. The molecule has 0 amide bonds. The molecule has 1 unspecified atom stereocenters. The van der Waals surface area contributed by atoms with Crippen LogP contribution in [0.5, 0.6) is 0 Å². The van der Waals surface area contributed by atoms with Crippen LogP contribution in [0.3, 0.4) is 0 Å². The highest BCUT2D eigenvalue weighted by atomic mass is 79.9. The van der Waals surface area contributed by atoms with Crippen LogP contribution in [0.4, 0.5) is 0 Å². The van der Waals surface area contributed by atoms with E-state index in [9.17, 15) is 8.42 Å². The molecule has 0 aliphatic carbocycles. The molecule has 0 heterocycles. The average molecular weight is 371 g/mol. The number of alkyl halides is 1. The van der Waals surface area contributed by atoms with Crippen LogP contribution >= 0.6 is 31.9 Å². The van der Waals surface area contributed by atoms with Crippen molar-refractivity contribution in [3.8, 4) is 0 Å². The van der Waals surface area contributed by atoms with Gasteiger partial charge in [0.25, 0.3) is 0 Å². The molecule has 0 radical (unpaired) electrons. The van der Waals surface area contributed by atoms with E-state index in [4.69, 9.17) is 0 Å². The quantitative estimate of drug-likeness (QED) is 0.764. The van der Waals surface area contributed by atoms with Gasteiger partial charge in [-0.25, -0.2) is 8.42 Å². The Morgan fingerprint density at radius 3 is 2.56 bits per heavy atom. The fraction of sp³-hybridized carbons (Fsp3) is 0.400. The van der Waals surface area contributed by atoms with Gasteiger partial charge in [0.2, 0.25) is 10.0 Å². The van der Waals surface area contributed by atoms with Crippen molar-refractivity contribution in [2.45, 2.75) is 16.6 Å². The van der Waals surface area contributed by atoms with Gasteiger partial charge in [0.15, 0.2) is 0 Å². The molecule has 1 atom stereocenters. The van der Waals surface area contributed by atoms with Gasteiger partial charge in [-0.3, -0.25) is 0 Å². The first-order valence-corrected chi connectivity index (χ1v) is 7.85. The zero-order valence-corrected chi connectivity index (χ0v) is 13.0. The smallest absolute Gasteiger partial charge is 0.207 e. The molecular weight excluding hydrogens is 358 g/mol. The third-order valence-electron chi connectivity index (χ3n) is 2.01. The van der Waals surface area contributed by atoms with Crippen molar-refractivity contribution in [2.75, 3.05) is 13.6 Å². The van der Waals surface area contributed by atoms with Crippen LogP contribution in [0.15, 0.2) is 33.6 Å². The first-order chi connectivity index (χ1) is 7.34. The van der Waals surface area contributed by atoms with Crippen molar-refractivity contribution in [2.24, 2.45) is 0 Å². The number of hydrogen-bond donors (Lipinski definition) is 0. The van der Waals surface area contributed by atoms with E-state index in [1.54, 1.807) is 31.3 Å². The molecular formula is C10H13Br2NO2S. The molecule has 0 fully saturated rings. The van der Waals surface area contributed by atoms with Crippen LogP contribution in [0.2, 0.25) is 0 Å². The molecule has 1 aromatic carbocycles. The zero-order valence-electron chi connectivity index (χ0n) is 9.02. The molecule has 0 bridgehead atoms. The summed E-state index contributed by atoms with van der Waals surface area (Å²) in [4.78, 5) is 0.428. The van der Waals surface area contributed by atoms with Gasteiger partial charge >= 0.3 is 0 Å². The Labute approximate surface area is 113 Å². The summed E-state index contributed by atoms with van der Waals surface area (Å²) in [7, 11) is -1.81. The minimum absolute atomic E-state index is 0.124. The summed E-state index contributed by atoms with van der Waals surface area (Å²) in [6, 6.07) is 6.70. The van der Waals surface area contributed by atoms with E-state index in [2.05, 4.69) is 31.9 Å². The summed E-state index contributed by atoms with van der Waals surface area (Å²) in [6.07, 6.45) is 0. The lowest BCUT2D eigenvalue weighted by atomic mass is 10.4. The standard InChI is InChI=1S/C10H13Br2NO2S/c1-8(11)7-13(2)16(14,15)10-5-3-4-9(12)6-10/h3-6,8H,7H2,1-2H3. The second-order valence-corrected chi connectivity index (χ2v) is 8.05. The highest BCUT2D eigenvalue weighted by molar-refractivity contribution is 9.10. The maximum Gasteiger partial charge on any atom is 0.242 e. The molecule has 0 aromatic heterocycles. The number of rotatable bonds is 4. The van der Waals surface area contributed by atoms with Crippen molar-refractivity contribution in [3.05, 3.63) is 28.7 Å². The van der Waals surface area contributed by atoms with Crippen molar-refractivity contribution in [3.63, 3.8) is 0 Å². The van der Waals surface area contributed by atoms with E-state index in [1.165, 1.54) is 4.31 Å². The summed E-state index contributed by atoms with van der Waals surface area (Å²) >= 11 is 6.60.